The molecule has 24 heavy (non-hydrogen) atoms. The summed E-state index contributed by atoms with van der Waals surface area (Å²) in [6, 6.07) is 21.5. The second kappa shape index (κ2) is 6.46. The number of hydrogen-bond acceptors (Lipinski definition) is 2. The van der Waals surface area contributed by atoms with Gasteiger partial charge in [0, 0.05) is 47.6 Å². The fourth-order valence-corrected chi connectivity index (χ4v) is 3.39. The Bertz CT molecular complexity index is 970. The second-order valence-electron chi connectivity index (χ2n) is 6.04. The number of fused-ring (bicyclic) bond motifs is 3. The summed E-state index contributed by atoms with van der Waals surface area (Å²) in [6.07, 6.45) is 1.84. The van der Waals surface area contributed by atoms with Crippen LogP contribution in [0.1, 0.15) is 18.2 Å². The van der Waals surface area contributed by atoms with Gasteiger partial charge in [0.2, 0.25) is 0 Å². The molecule has 0 fully saturated rings. The highest BCUT2D eigenvalue weighted by Crippen LogP contribution is 2.29. The van der Waals surface area contributed by atoms with E-state index in [1.807, 2.05) is 24.4 Å². The molecule has 2 aromatic carbocycles. The molecule has 1 N–H and O–H groups in total. The largest absolute Gasteiger partial charge is 0.341 e. The van der Waals surface area contributed by atoms with E-state index >= 15 is 0 Å². The van der Waals surface area contributed by atoms with Crippen molar-refractivity contribution in [1.29, 1.82) is 0 Å². The maximum absolute atomic E-state index is 4.35. The SMILES string of the molecule is CCn1c2ccccc2c2cc(CNCc3ccccn3)ccc21. The van der Waals surface area contributed by atoms with Crippen LogP contribution in [-0.2, 0) is 19.6 Å². The molecule has 2 aromatic heterocycles. The van der Waals surface area contributed by atoms with Crippen molar-refractivity contribution in [2.24, 2.45) is 0 Å². The highest BCUT2D eigenvalue weighted by Gasteiger charge is 2.09. The molecule has 0 spiro atoms. The molecule has 0 unspecified atom stereocenters. The molecule has 0 radical (unpaired) electrons. The van der Waals surface area contributed by atoms with Gasteiger partial charge < -0.3 is 9.88 Å². The van der Waals surface area contributed by atoms with Crippen molar-refractivity contribution in [3.05, 3.63) is 78.1 Å². The van der Waals surface area contributed by atoms with Crippen LogP contribution in [0.3, 0.4) is 0 Å². The fraction of sp³-hybridized carbons (Fsp3) is 0.190. The highest BCUT2D eigenvalue weighted by atomic mass is 15.0. The van der Waals surface area contributed by atoms with E-state index in [-0.39, 0.29) is 0 Å². The molecule has 0 aliphatic heterocycles. The van der Waals surface area contributed by atoms with E-state index < -0.39 is 0 Å². The third kappa shape index (κ3) is 2.68. The van der Waals surface area contributed by atoms with E-state index in [9.17, 15) is 0 Å². The van der Waals surface area contributed by atoms with Gasteiger partial charge in [0.05, 0.1) is 5.69 Å². The van der Waals surface area contributed by atoms with Gasteiger partial charge in [-0.05, 0) is 42.8 Å². The van der Waals surface area contributed by atoms with Crippen LogP contribution in [0, 0.1) is 0 Å². The second-order valence-corrected chi connectivity index (χ2v) is 6.04. The third-order valence-corrected chi connectivity index (χ3v) is 4.51. The minimum atomic E-state index is 0.787. The van der Waals surface area contributed by atoms with Crippen LogP contribution in [0.25, 0.3) is 21.8 Å². The zero-order valence-corrected chi connectivity index (χ0v) is 13.9. The van der Waals surface area contributed by atoms with Crippen LogP contribution in [0.15, 0.2) is 66.9 Å². The molecule has 0 saturated carbocycles. The predicted molar refractivity (Wildman–Crippen MR) is 99.9 cm³/mol. The molecule has 0 saturated heterocycles. The smallest absolute Gasteiger partial charge is 0.0541 e. The number of pyridine rings is 1. The van der Waals surface area contributed by atoms with Crippen molar-refractivity contribution < 1.29 is 0 Å². The number of aryl methyl sites for hydroxylation is 1. The van der Waals surface area contributed by atoms with Crippen molar-refractivity contribution in [1.82, 2.24) is 14.9 Å². The Kier molecular flexibility index (Phi) is 4.01. The van der Waals surface area contributed by atoms with Gasteiger partial charge in [0.25, 0.3) is 0 Å². The van der Waals surface area contributed by atoms with Crippen LogP contribution in [0.5, 0.6) is 0 Å². The van der Waals surface area contributed by atoms with Crippen molar-refractivity contribution in [2.45, 2.75) is 26.6 Å². The van der Waals surface area contributed by atoms with Gasteiger partial charge in [-0.15, -0.1) is 0 Å². The molecule has 0 aliphatic rings. The molecular formula is C21H21N3. The number of hydrogen-bond donors (Lipinski definition) is 1. The number of benzene rings is 2. The average Bonchev–Trinajstić information content (AvgIpc) is 2.96. The first kappa shape index (κ1) is 14.9. The quantitative estimate of drug-likeness (QED) is 0.587. The summed E-state index contributed by atoms with van der Waals surface area (Å²) in [6.45, 7) is 4.82. The lowest BCUT2D eigenvalue weighted by molar-refractivity contribution is 0.680. The molecule has 4 aromatic rings. The maximum Gasteiger partial charge on any atom is 0.0541 e. The number of nitrogens with zero attached hydrogens (tertiary/aromatic N) is 2. The van der Waals surface area contributed by atoms with Gasteiger partial charge in [-0.1, -0.05) is 30.3 Å². The molecule has 3 nitrogen and oxygen atoms in total. The Morgan fingerprint density at radius 1 is 0.875 bits per heavy atom. The van der Waals surface area contributed by atoms with E-state index in [4.69, 9.17) is 0 Å². The first-order valence-electron chi connectivity index (χ1n) is 8.47. The van der Waals surface area contributed by atoms with Crippen LogP contribution in [0.4, 0.5) is 0 Å². The topological polar surface area (TPSA) is 29.9 Å². The number of para-hydroxylation sites is 1. The standard InChI is InChI=1S/C21H21N3/c1-2-24-20-9-4-3-8-18(20)19-13-16(10-11-21(19)24)14-22-15-17-7-5-6-12-23-17/h3-13,22H,2,14-15H2,1H3. The van der Waals surface area contributed by atoms with Crippen molar-refractivity contribution in [3.8, 4) is 0 Å². The summed E-state index contributed by atoms with van der Waals surface area (Å²) in [7, 11) is 0. The molecule has 4 rings (SSSR count). The molecule has 0 atom stereocenters. The molecule has 120 valence electrons. The summed E-state index contributed by atoms with van der Waals surface area (Å²) in [5.74, 6) is 0. The van der Waals surface area contributed by atoms with E-state index in [0.29, 0.717) is 0 Å². The van der Waals surface area contributed by atoms with E-state index in [1.54, 1.807) is 0 Å². The first-order chi connectivity index (χ1) is 11.9. The third-order valence-electron chi connectivity index (χ3n) is 4.51. The predicted octanol–water partition coefficient (Wildman–Crippen LogP) is 4.50. The monoisotopic (exact) mass is 315 g/mol. The van der Waals surface area contributed by atoms with Crippen LogP contribution in [-0.4, -0.2) is 9.55 Å². The Morgan fingerprint density at radius 2 is 1.71 bits per heavy atom. The molecule has 0 aliphatic carbocycles. The zero-order valence-electron chi connectivity index (χ0n) is 13.9. The average molecular weight is 315 g/mol. The number of rotatable bonds is 5. The summed E-state index contributed by atoms with van der Waals surface area (Å²) in [4.78, 5) is 4.35. The lowest BCUT2D eigenvalue weighted by atomic mass is 10.1. The Hall–Kier alpha value is -2.65. The minimum Gasteiger partial charge on any atom is -0.341 e. The Balaban J connectivity index is 1.62. The number of nitrogens with one attached hydrogen (secondary N) is 1. The molecule has 3 heteroatoms. The Labute approximate surface area is 142 Å². The van der Waals surface area contributed by atoms with Gasteiger partial charge in [0.15, 0.2) is 0 Å². The van der Waals surface area contributed by atoms with Crippen LogP contribution < -0.4 is 5.32 Å². The summed E-state index contributed by atoms with van der Waals surface area (Å²) in [5.41, 5.74) is 5.00. The minimum absolute atomic E-state index is 0.787. The highest BCUT2D eigenvalue weighted by molar-refractivity contribution is 6.08. The van der Waals surface area contributed by atoms with Crippen LogP contribution >= 0.6 is 0 Å². The summed E-state index contributed by atoms with van der Waals surface area (Å²) >= 11 is 0. The lowest BCUT2D eigenvalue weighted by Crippen LogP contribution is -2.13. The maximum atomic E-state index is 4.35. The van der Waals surface area contributed by atoms with E-state index in [0.717, 1.165) is 25.3 Å². The first-order valence-corrected chi connectivity index (χ1v) is 8.47. The van der Waals surface area contributed by atoms with Crippen molar-refractivity contribution >= 4 is 21.8 Å². The lowest BCUT2D eigenvalue weighted by Gasteiger charge is -2.06. The molecular weight excluding hydrogens is 294 g/mol. The zero-order chi connectivity index (χ0) is 16.4. The molecule has 0 amide bonds. The van der Waals surface area contributed by atoms with Crippen molar-refractivity contribution in [3.63, 3.8) is 0 Å². The van der Waals surface area contributed by atoms with Gasteiger partial charge >= 0.3 is 0 Å². The number of aromatic nitrogens is 2. The van der Waals surface area contributed by atoms with E-state index in [1.165, 1.54) is 27.4 Å². The van der Waals surface area contributed by atoms with Gasteiger partial charge in [-0.3, -0.25) is 4.98 Å². The van der Waals surface area contributed by atoms with Gasteiger partial charge in [-0.25, -0.2) is 0 Å². The van der Waals surface area contributed by atoms with Gasteiger partial charge in [0.1, 0.15) is 0 Å². The summed E-state index contributed by atoms with van der Waals surface area (Å²) < 4.78 is 2.38. The normalized spacial score (nSPS) is 11.4. The Morgan fingerprint density at radius 3 is 2.54 bits per heavy atom. The molecule has 0 bridgehead atoms. The molecule has 2 heterocycles. The van der Waals surface area contributed by atoms with Crippen LogP contribution in [0.2, 0.25) is 0 Å². The van der Waals surface area contributed by atoms with E-state index in [2.05, 4.69) is 64.3 Å². The van der Waals surface area contributed by atoms with Gasteiger partial charge in [-0.2, -0.15) is 0 Å². The summed E-state index contributed by atoms with van der Waals surface area (Å²) in [5, 5.41) is 6.15. The fourth-order valence-electron chi connectivity index (χ4n) is 3.39. The van der Waals surface area contributed by atoms with Crippen molar-refractivity contribution in [2.75, 3.05) is 0 Å².